The average Bonchev–Trinajstić information content (AvgIpc) is 2.61. The molecule has 1 aromatic heterocycles. The van der Waals surface area contributed by atoms with Crippen molar-refractivity contribution in [3.63, 3.8) is 0 Å². The van der Waals surface area contributed by atoms with E-state index in [1.165, 1.54) is 48.3 Å². The average molecular weight is 343 g/mol. The van der Waals surface area contributed by atoms with Gasteiger partial charge in [0.2, 0.25) is 0 Å². The number of carbonyl (C=O) groups excluding carboxylic acids is 1. The van der Waals surface area contributed by atoms with Crippen LogP contribution in [0.2, 0.25) is 0 Å². The van der Waals surface area contributed by atoms with Crippen molar-refractivity contribution < 1.29 is 9.18 Å². The standard InChI is InChI=1S/C16H14FN5OS/c1-24-16(19)21-9-11-6-12(3-4-13(11)17)22-15(23)14-5-2-10(7-18)8-20-14/h2-6,8H,9H2,1H3,(H2,19,21)(H,22,23). The summed E-state index contributed by atoms with van der Waals surface area (Å²) in [4.78, 5) is 20.1. The number of pyridine rings is 1. The van der Waals surface area contributed by atoms with Crippen LogP contribution in [0, 0.1) is 17.1 Å². The third-order valence-corrected chi connectivity index (χ3v) is 3.59. The van der Waals surface area contributed by atoms with Crippen LogP contribution in [-0.4, -0.2) is 22.3 Å². The van der Waals surface area contributed by atoms with E-state index in [0.717, 1.165) is 0 Å². The fraction of sp³-hybridized carbons (Fsp3) is 0.125. The molecule has 0 spiro atoms. The Morgan fingerprint density at radius 2 is 2.25 bits per heavy atom. The van der Waals surface area contributed by atoms with E-state index < -0.39 is 11.7 Å². The molecule has 0 unspecified atom stereocenters. The molecule has 2 rings (SSSR count). The Morgan fingerprint density at radius 3 is 2.88 bits per heavy atom. The second-order valence-corrected chi connectivity index (χ2v) is 5.49. The van der Waals surface area contributed by atoms with E-state index in [-0.39, 0.29) is 12.2 Å². The van der Waals surface area contributed by atoms with Gasteiger partial charge in [-0.1, -0.05) is 11.8 Å². The summed E-state index contributed by atoms with van der Waals surface area (Å²) in [5.41, 5.74) is 6.83. The molecule has 1 heterocycles. The molecule has 0 bridgehead atoms. The molecule has 122 valence electrons. The van der Waals surface area contributed by atoms with Gasteiger partial charge in [0.05, 0.1) is 12.1 Å². The maximum atomic E-state index is 13.8. The molecule has 2 aromatic rings. The van der Waals surface area contributed by atoms with Gasteiger partial charge in [-0.05, 0) is 36.6 Å². The fourth-order valence-corrected chi connectivity index (χ4v) is 1.98. The minimum absolute atomic E-state index is 0.0807. The first-order valence-electron chi connectivity index (χ1n) is 6.83. The first-order chi connectivity index (χ1) is 11.5. The van der Waals surface area contributed by atoms with Crippen molar-refractivity contribution in [1.29, 1.82) is 5.26 Å². The maximum absolute atomic E-state index is 13.8. The molecule has 0 fully saturated rings. The highest BCUT2D eigenvalue weighted by molar-refractivity contribution is 8.13. The van der Waals surface area contributed by atoms with Gasteiger partial charge in [-0.15, -0.1) is 0 Å². The molecule has 1 aromatic carbocycles. The van der Waals surface area contributed by atoms with Gasteiger partial charge in [-0.25, -0.2) is 9.37 Å². The number of nitriles is 1. The zero-order valence-electron chi connectivity index (χ0n) is 12.8. The van der Waals surface area contributed by atoms with E-state index in [4.69, 9.17) is 11.0 Å². The quantitative estimate of drug-likeness (QED) is 0.656. The summed E-state index contributed by atoms with van der Waals surface area (Å²) >= 11 is 1.27. The monoisotopic (exact) mass is 343 g/mol. The number of anilines is 1. The molecular formula is C16H14FN5OS. The van der Waals surface area contributed by atoms with Gasteiger partial charge in [-0.2, -0.15) is 5.26 Å². The van der Waals surface area contributed by atoms with Crippen molar-refractivity contribution in [2.24, 2.45) is 10.7 Å². The molecule has 8 heteroatoms. The molecule has 0 aliphatic rings. The molecule has 1 amide bonds. The number of nitrogens with zero attached hydrogens (tertiary/aromatic N) is 3. The first-order valence-corrected chi connectivity index (χ1v) is 8.06. The number of thioether (sulfide) groups is 1. The first kappa shape index (κ1) is 17.4. The molecule has 0 aliphatic heterocycles. The lowest BCUT2D eigenvalue weighted by Gasteiger charge is -2.07. The lowest BCUT2D eigenvalue weighted by atomic mass is 10.2. The number of carbonyl (C=O) groups is 1. The van der Waals surface area contributed by atoms with Crippen molar-refractivity contribution in [1.82, 2.24) is 4.98 Å². The third kappa shape index (κ3) is 4.54. The number of aliphatic imine (C=N–C) groups is 1. The summed E-state index contributed by atoms with van der Waals surface area (Å²) in [6, 6.07) is 9.06. The second kappa shape index (κ2) is 8.08. The number of benzene rings is 1. The van der Waals surface area contributed by atoms with E-state index >= 15 is 0 Å². The van der Waals surface area contributed by atoms with Crippen molar-refractivity contribution in [2.75, 3.05) is 11.6 Å². The molecule has 0 saturated carbocycles. The lowest BCUT2D eigenvalue weighted by molar-refractivity contribution is 0.102. The minimum Gasteiger partial charge on any atom is -0.379 e. The van der Waals surface area contributed by atoms with E-state index in [0.29, 0.717) is 22.0 Å². The van der Waals surface area contributed by atoms with Crippen LogP contribution in [0.15, 0.2) is 41.5 Å². The van der Waals surface area contributed by atoms with Crippen molar-refractivity contribution in [2.45, 2.75) is 6.54 Å². The highest BCUT2D eigenvalue weighted by atomic mass is 32.2. The summed E-state index contributed by atoms with van der Waals surface area (Å²) in [6.45, 7) is 0.0807. The molecule has 24 heavy (non-hydrogen) atoms. The molecule has 0 aliphatic carbocycles. The summed E-state index contributed by atoms with van der Waals surface area (Å²) in [5.74, 6) is -0.883. The number of amidine groups is 1. The highest BCUT2D eigenvalue weighted by Gasteiger charge is 2.10. The van der Waals surface area contributed by atoms with Crippen LogP contribution in [0.3, 0.4) is 0 Å². The maximum Gasteiger partial charge on any atom is 0.274 e. The number of hydrogen-bond donors (Lipinski definition) is 2. The smallest absolute Gasteiger partial charge is 0.274 e. The Kier molecular flexibility index (Phi) is 5.87. The molecule has 0 radical (unpaired) electrons. The van der Waals surface area contributed by atoms with Crippen LogP contribution < -0.4 is 11.1 Å². The van der Waals surface area contributed by atoms with Crippen LogP contribution in [0.5, 0.6) is 0 Å². The van der Waals surface area contributed by atoms with Gasteiger partial charge in [0.1, 0.15) is 17.6 Å². The van der Waals surface area contributed by atoms with Crippen LogP contribution in [-0.2, 0) is 6.54 Å². The summed E-state index contributed by atoms with van der Waals surface area (Å²) in [6.07, 6.45) is 3.08. The number of halogens is 1. The van der Waals surface area contributed by atoms with Crippen LogP contribution >= 0.6 is 11.8 Å². The zero-order chi connectivity index (χ0) is 17.5. The molecular weight excluding hydrogens is 329 g/mol. The minimum atomic E-state index is -0.454. The van der Waals surface area contributed by atoms with Crippen molar-refractivity contribution >= 4 is 28.5 Å². The predicted octanol–water partition coefficient (Wildman–Crippen LogP) is 2.52. The predicted molar refractivity (Wildman–Crippen MR) is 92.1 cm³/mol. The number of rotatable bonds is 4. The van der Waals surface area contributed by atoms with Gasteiger partial charge < -0.3 is 11.1 Å². The van der Waals surface area contributed by atoms with E-state index in [1.54, 1.807) is 6.26 Å². The van der Waals surface area contributed by atoms with Crippen molar-refractivity contribution in [3.8, 4) is 6.07 Å². The number of amides is 1. The number of nitrogens with two attached hydrogens (primary N) is 1. The van der Waals surface area contributed by atoms with E-state index in [9.17, 15) is 9.18 Å². The molecule has 0 atom stereocenters. The largest absolute Gasteiger partial charge is 0.379 e. The van der Waals surface area contributed by atoms with Gasteiger partial charge in [-0.3, -0.25) is 9.79 Å². The Hall–Kier alpha value is -2.92. The lowest BCUT2D eigenvalue weighted by Crippen LogP contribution is -2.14. The Balaban J connectivity index is 2.14. The number of nitrogens with one attached hydrogen (secondary N) is 1. The number of aromatic nitrogens is 1. The Labute approximate surface area is 142 Å². The third-order valence-electron chi connectivity index (χ3n) is 3.04. The Morgan fingerprint density at radius 1 is 1.46 bits per heavy atom. The zero-order valence-corrected chi connectivity index (χ0v) is 13.6. The van der Waals surface area contributed by atoms with Gasteiger partial charge in [0.25, 0.3) is 5.91 Å². The van der Waals surface area contributed by atoms with Crippen LogP contribution in [0.25, 0.3) is 0 Å². The van der Waals surface area contributed by atoms with Gasteiger partial charge >= 0.3 is 0 Å². The highest BCUT2D eigenvalue weighted by Crippen LogP contribution is 2.17. The normalized spacial score (nSPS) is 11.0. The fourth-order valence-electron chi connectivity index (χ4n) is 1.79. The van der Waals surface area contributed by atoms with Crippen molar-refractivity contribution in [3.05, 3.63) is 59.2 Å². The molecule has 6 nitrogen and oxygen atoms in total. The summed E-state index contributed by atoms with van der Waals surface area (Å²) in [5, 5.41) is 11.7. The molecule has 3 N–H and O–H groups in total. The van der Waals surface area contributed by atoms with E-state index in [1.807, 2.05) is 6.07 Å². The summed E-state index contributed by atoms with van der Waals surface area (Å²) in [7, 11) is 0. The topological polar surface area (TPSA) is 104 Å². The SMILES string of the molecule is CSC(N)=NCc1cc(NC(=O)c2ccc(C#N)cn2)ccc1F. The van der Waals surface area contributed by atoms with Crippen LogP contribution in [0.4, 0.5) is 10.1 Å². The second-order valence-electron chi connectivity index (χ2n) is 4.66. The number of hydrogen-bond acceptors (Lipinski definition) is 5. The molecule has 0 saturated heterocycles. The summed E-state index contributed by atoms with van der Waals surface area (Å²) < 4.78 is 13.8. The Bertz CT molecular complexity index is 814. The van der Waals surface area contributed by atoms with Crippen LogP contribution in [0.1, 0.15) is 21.6 Å². The van der Waals surface area contributed by atoms with Gasteiger partial charge in [0.15, 0.2) is 5.17 Å². The van der Waals surface area contributed by atoms with Gasteiger partial charge in [0, 0.05) is 17.4 Å². The van der Waals surface area contributed by atoms with E-state index in [2.05, 4.69) is 15.3 Å².